The fourth-order valence-corrected chi connectivity index (χ4v) is 2.08. The van der Waals surface area contributed by atoms with Crippen LogP contribution in [-0.2, 0) is 16.0 Å². The van der Waals surface area contributed by atoms with Crippen LogP contribution in [0.5, 0.6) is 0 Å². The molecule has 0 aliphatic rings. The summed E-state index contributed by atoms with van der Waals surface area (Å²) >= 11 is 5.93. The maximum atomic E-state index is 11.8. The van der Waals surface area contributed by atoms with Crippen molar-refractivity contribution in [2.45, 2.75) is 32.8 Å². The second-order valence-corrected chi connectivity index (χ2v) is 5.67. The van der Waals surface area contributed by atoms with Gasteiger partial charge in [-0.2, -0.15) is 0 Å². The lowest BCUT2D eigenvalue weighted by atomic mass is 10.1. The van der Waals surface area contributed by atoms with Gasteiger partial charge in [0, 0.05) is 10.9 Å². The molecule has 1 aromatic carbocycles. The Morgan fingerprint density at radius 2 is 2.11 bits per heavy atom. The van der Waals surface area contributed by atoms with Gasteiger partial charge in [0.15, 0.2) is 0 Å². The molecule has 0 amide bonds. The molecule has 0 aliphatic heterocycles. The number of hydrogen-bond acceptors (Lipinski definition) is 2. The number of carbonyl (C=O) groups is 1. The Labute approximate surface area is 111 Å². The Balaban J connectivity index is 2.24. The molecule has 0 radical (unpaired) electrons. The van der Waals surface area contributed by atoms with Gasteiger partial charge in [0.2, 0.25) is 0 Å². The topological polar surface area (TPSA) is 42.1 Å². The van der Waals surface area contributed by atoms with Crippen LogP contribution in [0.2, 0.25) is 5.15 Å². The minimum absolute atomic E-state index is 0.229. The van der Waals surface area contributed by atoms with Crippen LogP contribution >= 0.6 is 11.6 Å². The maximum absolute atomic E-state index is 11.8. The summed E-state index contributed by atoms with van der Waals surface area (Å²) in [6, 6.07) is 7.57. The molecule has 0 saturated heterocycles. The Morgan fingerprint density at radius 3 is 2.78 bits per heavy atom. The number of aromatic nitrogens is 1. The molecule has 3 nitrogen and oxygen atoms in total. The van der Waals surface area contributed by atoms with E-state index in [4.69, 9.17) is 16.3 Å². The summed E-state index contributed by atoms with van der Waals surface area (Å²) in [5, 5.41) is 1.54. The minimum Gasteiger partial charge on any atom is -0.460 e. The number of ether oxygens (including phenoxy) is 1. The molecule has 2 aromatic rings. The van der Waals surface area contributed by atoms with Crippen LogP contribution in [0, 0.1) is 0 Å². The third kappa shape index (κ3) is 3.05. The molecular formula is C14H16ClNO2. The number of hydrogen-bond donors (Lipinski definition) is 1. The fraction of sp³-hybridized carbons (Fsp3) is 0.357. The monoisotopic (exact) mass is 265 g/mol. The summed E-state index contributed by atoms with van der Waals surface area (Å²) in [7, 11) is 0. The molecule has 0 atom stereocenters. The van der Waals surface area contributed by atoms with Gasteiger partial charge in [0.25, 0.3) is 0 Å². The highest BCUT2D eigenvalue weighted by molar-refractivity contribution is 6.30. The van der Waals surface area contributed by atoms with Crippen molar-refractivity contribution in [3.05, 3.63) is 35.0 Å². The Bertz CT molecular complexity index is 581. The molecule has 1 aromatic heterocycles. The number of aromatic amines is 1. The number of rotatable bonds is 2. The number of nitrogens with one attached hydrogen (secondary N) is 1. The Morgan fingerprint density at radius 1 is 1.39 bits per heavy atom. The highest BCUT2D eigenvalue weighted by Crippen LogP contribution is 2.23. The van der Waals surface area contributed by atoms with E-state index in [1.54, 1.807) is 0 Å². The van der Waals surface area contributed by atoms with Crippen LogP contribution in [0.1, 0.15) is 26.3 Å². The third-order valence-corrected chi connectivity index (χ3v) is 2.68. The molecular weight excluding hydrogens is 250 g/mol. The molecule has 0 spiro atoms. The predicted octanol–water partition coefficient (Wildman–Crippen LogP) is 3.71. The zero-order chi connectivity index (χ0) is 13.3. The number of carbonyl (C=O) groups excluding carboxylic acids is 1. The predicted molar refractivity (Wildman–Crippen MR) is 72.9 cm³/mol. The van der Waals surface area contributed by atoms with E-state index in [0.29, 0.717) is 5.15 Å². The van der Waals surface area contributed by atoms with Crippen molar-refractivity contribution in [1.29, 1.82) is 0 Å². The van der Waals surface area contributed by atoms with Crippen LogP contribution in [0.4, 0.5) is 0 Å². The molecule has 0 saturated carbocycles. The molecule has 2 rings (SSSR count). The van der Waals surface area contributed by atoms with E-state index in [1.165, 1.54) is 0 Å². The highest BCUT2D eigenvalue weighted by Gasteiger charge is 2.17. The molecule has 0 fully saturated rings. The van der Waals surface area contributed by atoms with Crippen LogP contribution in [0.3, 0.4) is 0 Å². The standard InChI is InChI=1S/C14H16ClNO2/c1-14(2,3)18-13(17)7-9-5-4-6-11-10(9)8-12(15)16-11/h4-6,8,16H,7H2,1-3H3. The Hall–Kier alpha value is -1.48. The largest absolute Gasteiger partial charge is 0.460 e. The quantitative estimate of drug-likeness (QED) is 0.841. The molecule has 4 heteroatoms. The van der Waals surface area contributed by atoms with Crippen molar-refractivity contribution >= 4 is 28.5 Å². The van der Waals surface area contributed by atoms with Crippen molar-refractivity contribution in [3.63, 3.8) is 0 Å². The van der Waals surface area contributed by atoms with E-state index in [9.17, 15) is 4.79 Å². The zero-order valence-corrected chi connectivity index (χ0v) is 11.5. The molecule has 1 heterocycles. The SMILES string of the molecule is CC(C)(C)OC(=O)Cc1cccc2[nH]c(Cl)cc12. The lowest BCUT2D eigenvalue weighted by Gasteiger charge is -2.19. The first-order valence-corrected chi connectivity index (χ1v) is 6.21. The van der Waals surface area contributed by atoms with Crippen molar-refractivity contribution in [1.82, 2.24) is 4.98 Å². The van der Waals surface area contributed by atoms with E-state index in [1.807, 2.05) is 45.0 Å². The second-order valence-electron chi connectivity index (χ2n) is 5.26. The smallest absolute Gasteiger partial charge is 0.310 e. The summed E-state index contributed by atoms with van der Waals surface area (Å²) in [4.78, 5) is 14.8. The molecule has 0 aliphatic carbocycles. The van der Waals surface area contributed by atoms with Crippen LogP contribution in [-0.4, -0.2) is 16.6 Å². The van der Waals surface area contributed by atoms with Crippen LogP contribution in [0.15, 0.2) is 24.3 Å². The van der Waals surface area contributed by atoms with E-state index < -0.39 is 5.60 Å². The highest BCUT2D eigenvalue weighted by atomic mass is 35.5. The van der Waals surface area contributed by atoms with Gasteiger partial charge >= 0.3 is 5.97 Å². The van der Waals surface area contributed by atoms with E-state index in [-0.39, 0.29) is 12.4 Å². The summed E-state index contributed by atoms with van der Waals surface area (Å²) in [5.41, 5.74) is 1.40. The lowest BCUT2D eigenvalue weighted by Crippen LogP contribution is -2.24. The Kier molecular flexibility index (Phi) is 3.35. The zero-order valence-electron chi connectivity index (χ0n) is 10.7. The van der Waals surface area contributed by atoms with Crippen LogP contribution in [0.25, 0.3) is 10.9 Å². The van der Waals surface area contributed by atoms with Crippen molar-refractivity contribution in [2.24, 2.45) is 0 Å². The first-order chi connectivity index (χ1) is 8.35. The number of H-pyrrole nitrogens is 1. The molecule has 1 N–H and O–H groups in total. The van der Waals surface area contributed by atoms with Gasteiger partial charge in [-0.25, -0.2) is 0 Å². The first-order valence-electron chi connectivity index (χ1n) is 5.83. The van der Waals surface area contributed by atoms with Crippen molar-refractivity contribution < 1.29 is 9.53 Å². The molecule has 0 unspecified atom stereocenters. The van der Waals surface area contributed by atoms with Gasteiger partial charge in [-0.1, -0.05) is 23.7 Å². The van der Waals surface area contributed by atoms with Crippen molar-refractivity contribution in [2.75, 3.05) is 0 Å². The van der Waals surface area contributed by atoms with E-state index in [2.05, 4.69) is 4.98 Å². The first kappa shape index (κ1) is 13.0. The normalized spacial score (nSPS) is 11.8. The van der Waals surface area contributed by atoms with Gasteiger partial charge in [-0.15, -0.1) is 0 Å². The van der Waals surface area contributed by atoms with Gasteiger partial charge in [0.05, 0.1) is 6.42 Å². The fourth-order valence-electron chi connectivity index (χ4n) is 1.87. The number of fused-ring (bicyclic) bond motifs is 1. The summed E-state index contributed by atoms with van der Waals surface area (Å²) < 4.78 is 5.32. The average molecular weight is 266 g/mol. The maximum Gasteiger partial charge on any atom is 0.310 e. The van der Waals surface area contributed by atoms with Crippen LogP contribution < -0.4 is 0 Å². The summed E-state index contributed by atoms with van der Waals surface area (Å²) in [5.74, 6) is -0.229. The number of halogens is 1. The van der Waals surface area contributed by atoms with Gasteiger partial charge < -0.3 is 9.72 Å². The van der Waals surface area contributed by atoms with E-state index in [0.717, 1.165) is 16.5 Å². The average Bonchev–Trinajstić information content (AvgIpc) is 2.56. The summed E-state index contributed by atoms with van der Waals surface area (Å²) in [6.07, 6.45) is 0.253. The molecule has 96 valence electrons. The molecule has 0 bridgehead atoms. The summed E-state index contributed by atoms with van der Waals surface area (Å²) in [6.45, 7) is 5.58. The van der Waals surface area contributed by atoms with Gasteiger partial charge in [-0.3, -0.25) is 4.79 Å². The van der Waals surface area contributed by atoms with Gasteiger partial charge in [-0.05, 0) is 38.5 Å². The lowest BCUT2D eigenvalue weighted by molar-refractivity contribution is -0.153. The second kappa shape index (κ2) is 4.65. The minimum atomic E-state index is -0.458. The number of benzene rings is 1. The van der Waals surface area contributed by atoms with Crippen molar-refractivity contribution in [3.8, 4) is 0 Å². The third-order valence-electron chi connectivity index (χ3n) is 2.48. The number of esters is 1. The van der Waals surface area contributed by atoms with Gasteiger partial charge in [0.1, 0.15) is 10.8 Å². The molecule has 18 heavy (non-hydrogen) atoms. The van der Waals surface area contributed by atoms with E-state index >= 15 is 0 Å².